The molecule has 0 saturated heterocycles. The van der Waals surface area contributed by atoms with Crippen molar-refractivity contribution in [2.75, 3.05) is 6.26 Å². The zero-order valence-corrected chi connectivity index (χ0v) is 9.17. The van der Waals surface area contributed by atoms with Gasteiger partial charge in [0.15, 0.2) is 0 Å². The monoisotopic (exact) mass is 217 g/mol. The van der Waals surface area contributed by atoms with Gasteiger partial charge in [-0.25, -0.2) is 0 Å². The van der Waals surface area contributed by atoms with Crippen LogP contribution in [0.2, 0.25) is 0 Å². The van der Waals surface area contributed by atoms with Gasteiger partial charge in [0.1, 0.15) is 0 Å². The van der Waals surface area contributed by atoms with Crippen molar-refractivity contribution in [1.82, 2.24) is 4.98 Å². The van der Waals surface area contributed by atoms with E-state index in [-0.39, 0.29) is 5.56 Å². The largest absolute Gasteiger partial charge is 0.322 e. The van der Waals surface area contributed by atoms with Crippen LogP contribution in [0.25, 0.3) is 11.3 Å². The summed E-state index contributed by atoms with van der Waals surface area (Å²) in [7, 11) is 0. The Kier molecular flexibility index (Phi) is 2.92. The van der Waals surface area contributed by atoms with E-state index in [0.29, 0.717) is 0 Å². The molecule has 0 radical (unpaired) electrons. The van der Waals surface area contributed by atoms with Crippen molar-refractivity contribution >= 4 is 11.8 Å². The number of hydrogen-bond donors (Lipinski definition) is 1. The van der Waals surface area contributed by atoms with Crippen LogP contribution in [0.15, 0.2) is 52.2 Å². The molecule has 0 spiro atoms. The molecule has 76 valence electrons. The van der Waals surface area contributed by atoms with E-state index in [1.807, 2.05) is 36.6 Å². The van der Waals surface area contributed by atoms with Gasteiger partial charge >= 0.3 is 0 Å². The lowest BCUT2D eigenvalue weighted by Gasteiger charge is -2.06. The Balaban J connectivity index is 2.58. The van der Waals surface area contributed by atoms with Crippen molar-refractivity contribution < 1.29 is 0 Å². The van der Waals surface area contributed by atoms with Gasteiger partial charge in [0.05, 0.1) is 0 Å². The third kappa shape index (κ3) is 2.13. The predicted octanol–water partition coefficient (Wildman–Crippen LogP) is 2.76. The fraction of sp³-hybridized carbons (Fsp3) is 0.0833. The van der Waals surface area contributed by atoms with Crippen LogP contribution in [0.4, 0.5) is 0 Å². The molecular weight excluding hydrogens is 206 g/mol. The zero-order chi connectivity index (χ0) is 10.7. The summed E-state index contributed by atoms with van der Waals surface area (Å²) < 4.78 is 0. The lowest BCUT2D eigenvalue weighted by atomic mass is 10.1. The minimum absolute atomic E-state index is 0.0663. The van der Waals surface area contributed by atoms with Crippen molar-refractivity contribution in [2.45, 2.75) is 4.90 Å². The summed E-state index contributed by atoms with van der Waals surface area (Å²) in [5, 5.41) is 0. The molecular formula is C12H11NOS. The van der Waals surface area contributed by atoms with E-state index in [0.717, 1.165) is 11.3 Å². The first-order valence-corrected chi connectivity index (χ1v) is 5.86. The summed E-state index contributed by atoms with van der Waals surface area (Å²) in [5.41, 5.74) is 1.87. The van der Waals surface area contributed by atoms with Crippen LogP contribution in [0.5, 0.6) is 0 Å². The average molecular weight is 217 g/mol. The fourth-order valence-corrected chi connectivity index (χ4v) is 2.08. The highest BCUT2D eigenvalue weighted by molar-refractivity contribution is 7.98. The van der Waals surface area contributed by atoms with E-state index < -0.39 is 0 Å². The van der Waals surface area contributed by atoms with Gasteiger partial charge in [-0.1, -0.05) is 24.3 Å². The van der Waals surface area contributed by atoms with Crippen LogP contribution >= 0.6 is 11.8 Å². The number of aromatic nitrogens is 1. The lowest BCUT2D eigenvalue weighted by molar-refractivity contribution is 1.23. The summed E-state index contributed by atoms with van der Waals surface area (Å²) in [6.45, 7) is 0. The van der Waals surface area contributed by atoms with E-state index in [1.54, 1.807) is 17.8 Å². The first kappa shape index (κ1) is 10.1. The molecule has 1 aromatic carbocycles. The van der Waals surface area contributed by atoms with Crippen molar-refractivity contribution in [3.63, 3.8) is 0 Å². The van der Waals surface area contributed by atoms with Gasteiger partial charge in [-0.05, 0) is 18.4 Å². The lowest BCUT2D eigenvalue weighted by Crippen LogP contribution is -2.03. The minimum Gasteiger partial charge on any atom is -0.322 e. The number of pyridine rings is 1. The number of nitrogens with one attached hydrogen (secondary N) is 1. The third-order valence-corrected chi connectivity index (χ3v) is 2.96. The third-order valence-electron chi connectivity index (χ3n) is 2.17. The van der Waals surface area contributed by atoms with Gasteiger partial charge in [0, 0.05) is 22.2 Å². The van der Waals surface area contributed by atoms with E-state index in [9.17, 15) is 4.79 Å². The summed E-state index contributed by atoms with van der Waals surface area (Å²) in [4.78, 5) is 15.2. The van der Waals surface area contributed by atoms with E-state index in [2.05, 4.69) is 4.98 Å². The van der Waals surface area contributed by atoms with Gasteiger partial charge in [0.25, 0.3) is 0 Å². The number of rotatable bonds is 2. The fourth-order valence-electron chi connectivity index (χ4n) is 1.47. The van der Waals surface area contributed by atoms with E-state index in [1.165, 1.54) is 11.0 Å². The highest BCUT2D eigenvalue weighted by Gasteiger charge is 2.03. The Labute approximate surface area is 92.4 Å². The minimum atomic E-state index is -0.0663. The molecule has 0 fully saturated rings. The van der Waals surface area contributed by atoms with Crippen LogP contribution in [0.3, 0.4) is 0 Å². The molecule has 0 unspecified atom stereocenters. The van der Waals surface area contributed by atoms with Gasteiger partial charge in [-0.3, -0.25) is 4.79 Å². The summed E-state index contributed by atoms with van der Waals surface area (Å²) in [5.74, 6) is 0. The molecule has 1 heterocycles. The average Bonchev–Trinajstić information content (AvgIpc) is 2.29. The molecule has 1 aromatic heterocycles. The van der Waals surface area contributed by atoms with Gasteiger partial charge in [-0.2, -0.15) is 0 Å². The maximum Gasteiger partial charge on any atom is 0.248 e. The summed E-state index contributed by atoms with van der Waals surface area (Å²) in [6.07, 6.45) is 2.03. The topological polar surface area (TPSA) is 32.9 Å². The molecule has 2 rings (SSSR count). The standard InChI is InChI=1S/C12H11NOS/c1-15-11-7-3-2-5-9(11)10-6-4-8-12(14)13-10/h2-8H,1H3,(H,13,14). The number of aromatic amines is 1. The Morgan fingerprint density at radius 1 is 1.07 bits per heavy atom. The summed E-state index contributed by atoms with van der Waals surface area (Å²) in [6, 6.07) is 13.2. The number of thioether (sulfide) groups is 1. The highest BCUT2D eigenvalue weighted by Crippen LogP contribution is 2.27. The Morgan fingerprint density at radius 2 is 1.87 bits per heavy atom. The molecule has 15 heavy (non-hydrogen) atoms. The Hall–Kier alpha value is -1.48. The number of H-pyrrole nitrogens is 1. The SMILES string of the molecule is CSc1ccccc1-c1cccc(=O)[nH]1. The van der Waals surface area contributed by atoms with Gasteiger partial charge in [-0.15, -0.1) is 11.8 Å². The smallest absolute Gasteiger partial charge is 0.248 e. The molecule has 2 aromatic rings. The molecule has 0 atom stereocenters. The Morgan fingerprint density at radius 3 is 2.60 bits per heavy atom. The van der Waals surface area contributed by atoms with Crippen LogP contribution in [-0.4, -0.2) is 11.2 Å². The second kappa shape index (κ2) is 4.36. The maximum absolute atomic E-state index is 11.2. The molecule has 0 amide bonds. The predicted molar refractivity (Wildman–Crippen MR) is 64.3 cm³/mol. The van der Waals surface area contributed by atoms with Crippen LogP contribution < -0.4 is 5.56 Å². The van der Waals surface area contributed by atoms with Gasteiger partial charge < -0.3 is 4.98 Å². The maximum atomic E-state index is 11.2. The second-order valence-electron chi connectivity index (χ2n) is 3.13. The number of hydrogen-bond acceptors (Lipinski definition) is 2. The molecule has 0 saturated carbocycles. The second-order valence-corrected chi connectivity index (χ2v) is 3.98. The van der Waals surface area contributed by atoms with Crippen LogP contribution in [0.1, 0.15) is 0 Å². The molecule has 1 N–H and O–H groups in total. The van der Waals surface area contributed by atoms with E-state index in [4.69, 9.17) is 0 Å². The molecule has 3 heteroatoms. The quantitative estimate of drug-likeness (QED) is 0.785. The first-order valence-electron chi connectivity index (χ1n) is 4.64. The molecule has 0 aliphatic rings. The van der Waals surface area contributed by atoms with Crippen molar-refractivity contribution in [3.05, 3.63) is 52.8 Å². The first-order chi connectivity index (χ1) is 7.31. The molecule has 2 nitrogen and oxygen atoms in total. The highest BCUT2D eigenvalue weighted by atomic mass is 32.2. The van der Waals surface area contributed by atoms with Crippen LogP contribution in [-0.2, 0) is 0 Å². The Bertz CT molecular complexity index is 519. The summed E-state index contributed by atoms with van der Waals surface area (Å²) >= 11 is 1.67. The number of benzene rings is 1. The van der Waals surface area contributed by atoms with Crippen molar-refractivity contribution in [1.29, 1.82) is 0 Å². The molecule has 0 aliphatic heterocycles. The van der Waals surface area contributed by atoms with Gasteiger partial charge in [0.2, 0.25) is 5.56 Å². The van der Waals surface area contributed by atoms with E-state index >= 15 is 0 Å². The molecule has 0 aliphatic carbocycles. The van der Waals surface area contributed by atoms with Crippen molar-refractivity contribution in [2.24, 2.45) is 0 Å². The molecule has 0 bridgehead atoms. The van der Waals surface area contributed by atoms with Crippen LogP contribution in [0, 0.1) is 0 Å². The normalized spacial score (nSPS) is 10.2. The van der Waals surface area contributed by atoms with Crippen molar-refractivity contribution in [3.8, 4) is 11.3 Å². The zero-order valence-electron chi connectivity index (χ0n) is 8.36.